The molecular formula is C18H28ClN3O3. The molecule has 2 rings (SSSR count). The molecule has 1 fully saturated rings. The van der Waals surface area contributed by atoms with Gasteiger partial charge in [-0.3, -0.25) is 9.59 Å². The summed E-state index contributed by atoms with van der Waals surface area (Å²) in [6.07, 6.45) is 1.34. The smallest absolute Gasteiger partial charge is 0.260 e. The van der Waals surface area contributed by atoms with Crippen molar-refractivity contribution in [1.82, 2.24) is 10.2 Å². The summed E-state index contributed by atoms with van der Waals surface area (Å²) in [4.78, 5) is 26.2. The van der Waals surface area contributed by atoms with Crippen molar-refractivity contribution < 1.29 is 14.3 Å². The second kappa shape index (κ2) is 9.63. The van der Waals surface area contributed by atoms with Crippen molar-refractivity contribution in [3.63, 3.8) is 0 Å². The third-order valence-corrected chi connectivity index (χ3v) is 4.30. The van der Waals surface area contributed by atoms with Crippen molar-refractivity contribution in [2.75, 3.05) is 26.2 Å². The Balaban J connectivity index is 0.00000312. The average molecular weight is 370 g/mol. The summed E-state index contributed by atoms with van der Waals surface area (Å²) < 4.78 is 5.49. The Labute approximate surface area is 155 Å². The van der Waals surface area contributed by atoms with Gasteiger partial charge in [0.25, 0.3) is 5.91 Å². The van der Waals surface area contributed by atoms with Crippen LogP contribution in [-0.2, 0) is 9.59 Å². The van der Waals surface area contributed by atoms with Gasteiger partial charge in [-0.1, -0.05) is 18.2 Å². The molecule has 3 N–H and O–H groups in total. The summed E-state index contributed by atoms with van der Waals surface area (Å²) in [6, 6.07) is 9.28. The summed E-state index contributed by atoms with van der Waals surface area (Å²) in [5.41, 5.74) is 5.25. The minimum Gasteiger partial charge on any atom is -0.484 e. The summed E-state index contributed by atoms with van der Waals surface area (Å²) >= 11 is 0. The molecule has 0 bridgehead atoms. The van der Waals surface area contributed by atoms with E-state index >= 15 is 0 Å². The van der Waals surface area contributed by atoms with Gasteiger partial charge >= 0.3 is 0 Å². The maximum absolute atomic E-state index is 12.3. The van der Waals surface area contributed by atoms with Gasteiger partial charge in [-0.2, -0.15) is 0 Å². The molecule has 6 nitrogen and oxygen atoms in total. The molecule has 0 aliphatic carbocycles. The highest BCUT2D eigenvalue weighted by atomic mass is 35.5. The van der Waals surface area contributed by atoms with Gasteiger partial charge in [0.2, 0.25) is 5.91 Å². The van der Waals surface area contributed by atoms with Crippen molar-refractivity contribution in [2.45, 2.75) is 32.2 Å². The molecule has 1 saturated heterocycles. The van der Waals surface area contributed by atoms with E-state index in [0.717, 1.165) is 0 Å². The molecule has 140 valence electrons. The van der Waals surface area contributed by atoms with Crippen LogP contribution in [0.25, 0.3) is 0 Å². The normalized spacial score (nSPS) is 15.2. The van der Waals surface area contributed by atoms with E-state index in [9.17, 15) is 9.59 Å². The Morgan fingerprint density at radius 2 is 1.84 bits per heavy atom. The quantitative estimate of drug-likeness (QED) is 0.797. The molecule has 0 radical (unpaired) electrons. The molecule has 1 aromatic carbocycles. The average Bonchev–Trinajstić information content (AvgIpc) is 2.60. The molecule has 2 amide bonds. The summed E-state index contributed by atoms with van der Waals surface area (Å²) in [6.45, 7) is 5.40. The lowest BCUT2D eigenvalue weighted by Crippen LogP contribution is -2.52. The fourth-order valence-corrected chi connectivity index (χ4v) is 2.63. The third-order valence-electron chi connectivity index (χ3n) is 4.30. The number of amides is 2. The number of hydrogen-bond acceptors (Lipinski definition) is 4. The second-order valence-corrected chi connectivity index (χ2v) is 6.83. The van der Waals surface area contributed by atoms with E-state index in [1.807, 2.05) is 44.2 Å². The lowest BCUT2D eigenvalue weighted by atomic mass is 9.94. The van der Waals surface area contributed by atoms with Gasteiger partial charge in [-0.05, 0) is 38.8 Å². The van der Waals surface area contributed by atoms with Crippen molar-refractivity contribution >= 4 is 24.2 Å². The number of likely N-dealkylation sites (tertiary alicyclic amines) is 1. The van der Waals surface area contributed by atoms with Crippen LogP contribution >= 0.6 is 12.4 Å². The highest BCUT2D eigenvalue weighted by Crippen LogP contribution is 2.19. The van der Waals surface area contributed by atoms with Crippen LogP contribution in [0.15, 0.2) is 30.3 Å². The van der Waals surface area contributed by atoms with Crippen LogP contribution in [0.1, 0.15) is 26.7 Å². The number of carbonyl (C=O) groups is 2. The topological polar surface area (TPSA) is 84.7 Å². The highest BCUT2D eigenvalue weighted by molar-refractivity contribution is 5.85. The number of nitrogens with one attached hydrogen (secondary N) is 1. The Kier molecular flexibility index (Phi) is 8.19. The molecular weight excluding hydrogens is 342 g/mol. The maximum Gasteiger partial charge on any atom is 0.260 e. The van der Waals surface area contributed by atoms with Crippen molar-refractivity contribution in [2.24, 2.45) is 11.7 Å². The van der Waals surface area contributed by atoms with Crippen LogP contribution in [0, 0.1) is 5.92 Å². The Hall–Kier alpha value is -1.79. The molecule has 1 heterocycles. The SMILES string of the molecule is CC(C)(CN)NC(=O)C1CCN(C(=O)COc2ccccc2)CC1.Cl. The number of halogens is 1. The molecule has 7 heteroatoms. The minimum atomic E-state index is -0.395. The largest absolute Gasteiger partial charge is 0.484 e. The van der Waals surface area contributed by atoms with E-state index in [1.54, 1.807) is 4.90 Å². The predicted octanol–water partition coefficient (Wildman–Crippen LogP) is 1.58. The van der Waals surface area contributed by atoms with Crippen LogP contribution in [0.4, 0.5) is 0 Å². The fourth-order valence-electron chi connectivity index (χ4n) is 2.63. The Morgan fingerprint density at radius 3 is 2.40 bits per heavy atom. The number of piperidine rings is 1. The van der Waals surface area contributed by atoms with Gasteiger partial charge in [-0.25, -0.2) is 0 Å². The number of ether oxygens (including phenoxy) is 1. The number of benzene rings is 1. The van der Waals surface area contributed by atoms with Crippen molar-refractivity contribution in [1.29, 1.82) is 0 Å². The van der Waals surface area contributed by atoms with Gasteiger partial charge in [0, 0.05) is 31.1 Å². The van der Waals surface area contributed by atoms with Gasteiger partial charge in [0.1, 0.15) is 5.75 Å². The second-order valence-electron chi connectivity index (χ2n) is 6.83. The maximum atomic E-state index is 12.3. The predicted molar refractivity (Wildman–Crippen MR) is 99.8 cm³/mol. The van der Waals surface area contributed by atoms with Crippen LogP contribution in [-0.4, -0.2) is 48.5 Å². The number of rotatable bonds is 6. The molecule has 0 saturated carbocycles. The van der Waals surface area contributed by atoms with E-state index in [2.05, 4.69) is 5.32 Å². The van der Waals surface area contributed by atoms with E-state index in [0.29, 0.717) is 38.2 Å². The summed E-state index contributed by atoms with van der Waals surface area (Å²) in [5.74, 6) is 0.608. The zero-order valence-electron chi connectivity index (χ0n) is 14.9. The first-order valence-corrected chi connectivity index (χ1v) is 8.39. The number of nitrogens with two attached hydrogens (primary N) is 1. The van der Waals surface area contributed by atoms with Crippen LogP contribution in [0.2, 0.25) is 0 Å². The Bertz CT molecular complexity index is 558. The van der Waals surface area contributed by atoms with Crippen molar-refractivity contribution in [3.8, 4) is 5.75 Å². The molecule has 1 aliphatic heterocycles. The van der Waals surface area contributed by atoms with Crippen LogP contribution in [0.3, 0.4) is 0 Å². The lowest BCUT2D eigenvalue weighted by molar-refractivity contribution is -0.137. The highest BCUT2D eigenvalue weighted by Gasteiger charge is 2.30. The molecule has 25 heavy (non-hydrogen) atoms. The minimum absolute atomic E-state index is 0. The van der Waals surface area contributed by atoms with Gasteiger partial charge in [-0.15, -0.1) is 12.4 Å². The summed E-state index contributed by atoms with van der Waals surface area (Å²) in [7, 11) is 0. The molecule has 0 aromatic heterocycles. The molecule has 0 unspecified atom stereocenters. The number of carbonyl (C=O) groups excluding carboxylic acids is 2. The molecule has 0 atom stereocenters. The Morgan fingerprint density at radius 1 is 1.24 bits per heavy atom. The first-order valence-electron chi connectivity index (χ1n) is 8.39. The fraction of sp³-hybridized carbons (Fsp3) is 0.556. The molecule has 1 aromatic rings. The van der Waals surface area contributed by atoms with E-state index < -0.39 is 5.54 Å². The zero-order chi connectivity index (χ0) is 17.6. The standard InChI is InChI=1S/C18H27N3O3.ClH/c1-18(2,13-19)20-17(23)14-8-10-21(11-9-14)16(22)12-24-15-6-4-3-5-7-15;/h3-7,14H,8-13,19H2,1-2H3,(H,20,23);1H. The van der Waals surface area contributed by atoms with Gasteiger partial charge < -0.3 is 20.7 Å². The molecule has 0 spiro atoms. The van der Waals surface area contributed by atoms with Crippen LogP contribution < -0.4 is 15.8 Å². The first kappa shape index (κ1) is 21.3. The number of nitrogens with zero attached hydrogens (tertiary/aromatic N) is 1. The van der Waals surface area contributed by atoms with E-state index in [-0.39, 0.29) is 36.7 Å². The number of para-hydroxylation sites is 1. The van der Waals surface area contributed by atoms with Crippen molar-refractivity contribution in [3.05, 3.63) is 30.3 Å². The van der Waals surface area contributed by atoms with E-state index in [1.165, 1.54) is 0 Å². The van der Waals surface area contributed by atoms with Gasteiger partial charge in [0.15, 0.2) is 6.61 Å². The first-order chi connectivity index (χ1) is 11.4. The summed E-state index contributed by atoms with van der Waals surface area (Å²) in [5, 5.41) is 2.97. The third kappa shape index (κ3) is 6.55. The van der Waals surface area contributed by atoms with E-state index in [4.69, 9.17) is 10.5 Å². The monoisotopic (exact) mass is 369 g/mol. The molecule has 1 aliphatic rings. The van der Waals surface area contributed by atoms with Crippen LogP contribution in [0.5, 0.6) is 5.75 Å². The lowest BCUT2D eigenvalue weighted by Gasteiger charge is -2.33. The zero-order valence-corrected chi connectivity index (χ0v) is 15.7. The van der Waals surface area contributed by atoms with Gasteiger partial charge in [0.05, 0.1) is 0 Å². The number of hydrogen-bond donors (Lipinski definition) is 2.